The van der Waals surface area contributed by atoms with Gasteiger partial charge >= 0.3 is 5.69 Å². The lowest BCUT2D eigenvalue weighted by molar-refractivity contribution is -0.387. The zero-order valence-electron chi connectivity index (χ0n) is 11.7. The molecule has 0 bridgehead atoms. The summed E-state index contributed by atoms with van der Waals surface area (Å²) in [6.07, 6.45) is 2.16. The first-order valence-corrected chi connectivity index (χ1v) is 6.33. The molecular formula is C12H20N4O3. The highest BCUT2D eigenvalue weighted by Crippen LogP contribution is 2.33. The molecule has 0 saturated carbocycles. The molecule has 0 aliphatic carbocycles. The van der Waals surface area contributed by atoms with Crippen LogP contribution in [0.15, 0.2) is 6.33 Å². The normalized spacial score (nSPS) is 13.9. The van der Waals surface area contributed by atoms with Crippen LogP contribution in [0.3, 0.4) is 0 Å². The van der Waals surface area contributed by atoms with E-state index in [0.717, 1.165) is 13.0 Å². The molecule has 0 fully saturated rings. The van der Waals surface area contributed by atoms with Crippen LogP contribution < -0.4 is 10.1 Å². The number of hydrogen-bond acceptors (Lipinski definition) is 6. The number of nitro groups is 1. The molecule has 1 N–H and O–H groups in total. The van der Waals surface area contributed by atoms with Gasteiger partial charge in [0.15, 0.2) is 0 Å². The molecule has 0 amide bonds. The summed E-state index contributed by atoms with van der Waals surface area (Å²) >= 11 is 0. The van der Waals surface area contributed by atoms with Crippen LogP contribution in [0.5, 0.6) is 5.88 Å². The molecule has 7 heteroatoms. The van der Waals surface area contributed by atoms with E-state index < -0.39 is 4.92 Å². The van der Waals surface area contributed by atoms with Crippen molar-refractivity contribution in [2.24, 2.45) is 0 Å². The highest BCUT2D eigenvalue weighted by molar-refractivity contribution is 5.46. The van der Waals surface area contributed by atoms with Gasteiger partial charge in [-0.1, -0.05) is 20.8 Å². The molecule has 0 saturated heterocycles. The van der Waals surface area contributed by atoms with Crippen LogP contribution in [0.1, 0.15) is 38.8 Å². The third-order valence-electron chi connectivity index (χ3n) is 3.13. The molecule has 0 spiro atoms. The number of nitrogens with zero attached hydrogens (tertiary/aromatic N) is 3. The van der Waals surface area contributed by atoms with Gasteiger partial charge in [-0.15, -0.1) is 0 Å². The van der Waals surface area contributed by atoms with Gasteiger partial charge < -0.3 is 10.1 Å². The lowest BCUT2D eigenvalue weighted by Crippen LogP contribution is -2.33. The lowest BCUT2D eigenvalue weighted by atomic mass is 9.94. The van der Waals surface area contributed by atoms with E-state index in [1.165, 1.54) is 13.4 Å². The Labute approximate surface area is 112 Å². The van der Waals surface area contributed by atoms with E-state index in [-0.39, 0.29) is 23.5 Å². The third kappa shape index (κ3) is 3.37. The van der Waals surface area contributed by atoms with Gasteiger partial charge in [0.1, 0.15) is 12.0 Å². The summed E-state index contributed by atoms with van der Waals surface area (Å²) in [5.74, 6) is -0.0875. The van der Waals surface area contributed by atoms with E-state index in [0.29, 0.717) is 5.69 Å². The van der Waals surface area contributed by atoms with Gasteiger partial charge in [-0.3, -0.25) is 10.1 Å². The molecule has 106 valence electrons. The Morgan fingerprint density at radius 2 is 2.16 bits per heavy atom. The zero-order valence-corrected chi connectivity index (χ0v) is 11.7. The van der Waals surface area contributed by atoms with Gasteiger partial charge in [0.2, 0.25) is 0 Å². The van der Waals surface area contributed by atoms with Crippen LogP contribution >= 0.6 is 0 Å². The topological polar surface area (TPSA) is 90.2 Å². The smallest absolute Gasteiger partial charge is 0.352 e. The summed E-state index contributed by atoms with van der Waals surface area (Å²) in [5.41, 5.74) is 0.263. The summed E-state index contributed by atoms with van der Waals surface area (Å²) in [6.45, 7) is 6.77. The molecule has 2 unspecified atom stereocenters. The van der Waals surface area contributed by atoms with Crippen molar-refractivity contribution in [2.45, 2.75) is 39.2 Å². The second-order valence-corrected chi connectivity index (χ2v) is 4.23. The van der Waals surface area contributed by atoms with Crippen LogP contribution in [-0.4, -0.2) is 34.6 Å². The third-order valence-corrected chi connectivity index (χ3v) is 3.13. The van der Waals surface area contributed by atoms with E-state index in [1.807, 2.05) is 20.8 Å². The van der Waals surface area contributed by atoms with Crippen LogP contribution in [0.25, 0.3) is 0 Å². The minimum Gasteiger partial charge on any atom is -0.476 e. The first-order chi connectivity index (χ1) is 9.06. The molecule has 2 atom stereocenters. The van der Waals surface area contributed by atoms with Crippen molar-refractivity contribution in [1.29, 1.82) is 0 Å². The fourth-order valence-corrected chi connectivity index (χ4v) is 2.16. The lowest BCUT2D eigenvalue weighted by Gasteiger charge is -2.22. The zero-order chi connectivity index (χ0) is 14.4. The molecule has 1 heterocycles. The van der Waals surface area contributed by atoms with Crippen molar-refractivity contribution >= 4 is 5.69 Å². The second-order valence-electron chi connectivity index (χ2n) is 4.23. The maximum Gasteiger partial charge on any atom is 0.352 e. The molecule has 7 nitrogen and oxygen atoms in total. The largest absolute Gasteiger partial charge is 0.476 e. The monoisotopic (exact) mass is 268 g/mol. The number of hydrogen-bond donors (Lipinski definition) is 1. The van der Waals surface area contributed by atoms with Crippen molar-refractivity contribution in [3.63, 3.8) is 0 Å². The van der Waals surface area contributed by atoms with Crippen molar-refractivity contribution in [2.75, 3.05) is 13.7 Å². The first-order valence-electron chi connectivity index (χ1n) is 6.33. The highest BCUT2D eigenvalue weighted by Gasteiger charge is 2.30. The number of methoxy groups -OCH3 is 1. The average molecular weight is 268 g/mol. The van der Waals surface area contributed by atoms with Crippen molar-refractivity contribution in [3.8, 4) is 5.88 Å². The van der Waals surface area contributed by atoms with Gasteiger partial charge in [-0.25, -0.2) is 4.98 Å². The summed E-state index contributed by atoms with van der Waals surface area (Å²) in [5, 5.41) is 14.5. The van der Waals surface area contributed by atoms with Crippen LogP contribution in [0.2, 0.25) is 0 Å². The van der Waals surface area contributed by atoms with Gasteiger partial charge in [-0.2, -0.15) is 4.98 Å². The van der Waals surface area contributed by atoms with Crippen LogP contribution in [0, 0.1) is 10.1 Å². The fourth-order valence-electron chi connectivity index (χ4n) is 2.16. The van der Waals surface area contributed by atoms with E-state index >= 15 is 0 Å². The summed E-state index contributed by atoms with van der Waals surface area (Å²) in [6, 6.07) is 0.128. The Balaban J connectivity index is 3.21. The van der Waals surface area contributed by atoms with Crippen molar-refractivity contribution < 1.29 is 9.66 Å². The first kappa shape index (κ1) is 15.3. The Kier molecular flexibility index (Phi) is 5.62. The number of rotatable bonds is 7. The predicted molar refractivity (Wildman–Crippen MR) is 71.4 cm³/mol. The molecule has 0 radical (unpaired) electrons. The Bertz CT molecular complexity index is 439. The van der Waals surface area contributed by atoms with Crippen molar-refractivity contribution in [3.05, 3.63) is 22.1 Å². The van der Waals surface area contributed by atoms with Gasteiger partial charge in [0, 0.05) is 12.0 Å². The number of ether oxygens (including phenoxy) is 1. The van der Waals surface area contributed by atoms with E-state index in [2.05, 4.69) is 15.3 Å². The molecule has 19 heavy (non-hydrogen) atoms. The standard InChI is InChI=1S/C12H20N4O3/c1-5-9(13-6-2)8(3)10-11(16(17)18)12(19-4)15-7-14-10/h7-9,13H,5-6H2,1-4H3. The van der Waals surface area contributed by atoms with Gasteiger partial charge in [-0.05, 0) is 13.0 Å². The molecule has 1 rings (SSSR count). The quantitative estimate of drug-likeness (QED) is 0.600. The van der Waals surface area contributed by atoms with E-state index in [1.54, 1.807) is 0 Å². The molecule has 0 aliphatic rings. The van der Waals surface area contributed by atoms with Crippen molar-refractivity contribution in [1.82, 2.24) is 15.3 Å². The summed E-state index contributed by atoms with van der Waals surface area (Å²) < 4.78 is 4.96. The Hall–Kier alpha value is -1.76. The van der Waals surface area contributed by atoms with E-state index in [9.17, 15) is 10.1 Å². The maximum absolute atomic E-state index is 11.2. The van der Waals surface area contributed by atoms with Crippen LogP contribution in [-0.2, 0) is 0 Å². The minimum absolute atomic E-state index is 0.00759. The Morgan fingerprint density at radius 1 is 1.47 bits per heavy atom. The minimum atomic E-state index is -0.483. The molecule has 1 aromatic heterocycles. The van der Waals surface area contributed by atoms with Crippen LogP contribution in [0.4, 0.5) is 5.69 Å². The van der Waals surface area contributed by atoms with Gasteiger partial charge in [0.25, 0.3) is 5.88 Å². The number of aromatic nitrogens is 2. The SMILES string of the molecule is CCNC(CC)C(C)c1ncnc(OC)c1[N+](=O)[O-]. The van der Waals surface area contributed by atoms with Gasteiger partial charge in [0.05, 0.1) is 12.0 Å². The highest BCUT2D eigenvalue weighted by atomic mass is 16.6. The predicted octanol–water partition coefficient (Wildman–Crippen LogP) is 1.88. The Morgan fingerprint density at radius 3 is 2.63 bits per heavy atom. The molecular weight excluding hydrogens is 248 g/mol. The maximum atomic E-state index is 11.2. The number of nitrogens with one attached hydrogen (secondary N) is 1. The molecule has 1 aromatic rings. The number of likely N-dealkylation sites (N-methyl/N-ethyl adjacent to an activating group) is 1. The fraction of sp³-hybridized carbons (Fsp3) is 0.667. The molecule has 0 aliphatic heterocycles. The average Bonchev–Trinajstić information content (AvgIpc) is 2.42. The summed E-state index contributed by atoms with van der Waals surface area (Å²) in [7, 11) is 1.37. The summed E-state index contributed by atoms with van der Waals surface area (Å²) in [4.78, 5) is 18.6. The molecule has 0 aromatic carbocycles. The second kappa shape index (κ2) is 6.98. The van der Waals surface area contributed by atoms with E-state index in [4.69, 9.17) is 4.74 Å².